The molecule has 2 aromatic rings. The van der Waals surface area contributed by atoms with Crippen LogP contribution in [0.1, 0.15) is 42.6 Å². The highest BCUT2D eigenvalue weighted by molar-refractivity contribution is 6.30. The van der Waals surface area contributed by atoms with Gasteiger partial charge in [-0.25, -0.2) is 0 Å². The van der Waals surface area contributed by atoms with E-state index in [1.165, 1.54) is 0 Å². The van der Waals surface area contributed by atoms with E-state index in [4.69, 9.17) is 22.1 Å². The second kappa shape index (κ2) is 6.29. The van der Waals surface area contributed by atoms with Crippen LogP contribution in [0.3, 0.4) is 0 Å². The summed E-state index contributed by atoms with van der Waals surface area (Å²) in [4.78, 5) is 0. The number of nitrogens with two attached hydrogens (primary N) is 1. The summed E-state index contributed by atoms with van der Waals surface area (Å²) in [5.41, 5.74) is 8.93. The Bertz CT molecular complexity index is 580. The van der Waals surface area contributed by atoms with Crippen molar-refractivity contribution in [2.45, 2.75) is 25.7 Å². The Morgan fingerprint density at radius 2 is 2.10 bits per heavy atom. The molecule has 20 heavy (non-hydrogen) atoms. The molecule has 0 saturated carbocycles. The third kappa shape index (κ3) is 2.97. The van der Waals surface area contributed by atoms with Gasteiger partial charge in [0, 0.05) is 28.7 Å². The van der Waals surface area contributed by atoms with Crippen LogP contribution >= 0.6 is 11.6 Å². The Hall–Kier alpha value is -1.52. The van der Waals surface area contributed by atoms with Crippen molar-refractivity contribution in [3.63, 3.8) is 0 Å². The first-order valence-electron chi connectivity index (χ1n) is 6.65. The molecule has 0 aliphatic carbocycles. The lowest BCUT2D eigenvalue weighted by molar-refractivity contribution is 0.407. The zero-order chi connectivity index (χ0) is 14.7. The molecule has 2 rings (SSSR count). The number of hydrogen-bond donors (Lipinski definition) is 2. The molecule has 1 aromatic heterocycles. The van der Waals surface area contributed by atoms with E-state index >= 15 is 0 Å². The molecule has 1 atom stereocenters. The molecular formula is C15H20ClN3O. The minimum atomic E-state index is -0.0105. The van der Waals surface area contributed by atoms with E-state index in [1.54, 1.807) is 7.11 Å². The van der Waals surface area contributed by atoms with E-state index in [9.17, 15) is 0 Å². The second-order valence-corrected chi connectivity index (χ2v) is 5.51. The van der Waals surface area contributed by atoms with Gasteiger partial charge in [0.2, 0.25) is 0 Å². The van der Waals surface area contributed by atoms with Crippen molar-refractivity contribution in [3.05, 3.63) is 46.2 Å². The predicted octanol–water partition coefficient (Wildman–Crippen LogP) is 3.29. The average Bonchev–Trinajstić information content (AvgIpc) is 2.90. The monoisotopic (exact) mass is 293 g/mol. The number of H-pyrrole nitrogens is 1. The van der Waals surface area contributed by atoms with Crippen LogP contribution in [-0.2, 0) is 0 Å². The van der Waals surface area contributed by atoms with Crippen LogP contribution in [0, 0.1) is 0 Å². The fraction of sp³-hybridized carbons (Fsp3) is 0.400. The highest BCUT2D eigenvalue weighted by atomic mass is 35.5. The maximum Gasteiger partial charge on any atom is 0.122 e. The third-order valence-corrected chi connectivity index (χ3v) is 3.62. The average molecular weight is 294 g/mol. The maximum atomic E-state index is 6.10. The van der Waals surface area contributed by atoms with Gasteiger partial charge in [-0.05, 0) is 30.2 Å². The Kier molecular flexibility index (Phi) is 4.68. The van der Waals surface area contributed by atoms with Crippen LogP contribution < -0.4 is 10.5 Å². The number of aromatic amines is 1. The standard InChI is InChI=1S/C15H20ClN3O/c1-9(2)13-7-14(19-18-13)12(8-17)11-6-10(16)4-5-15(11)20-3/h4-7,9,12H,8,17H2,1-3H3,(H,18,19). The van der Waals surface area contributed by atoms with Crippen LogP contribution in [-0.4, -0.2) is 23.9 Å². The van der Waals surface area contributed by atoms with Crippen molar-refractivity contribution >= 4 is 11.6 Å². The quantitative estimate of drug-likeness (QED) is 0.889. The number of methoxy groups -OCH3 is 1. The molecule has 0 spiro atoms. The van der Waals surface area contributed by atoms with Crippen molar-refractivity contribution in [2.24, 2.45) is 5.73 Å². The zero-order valence-corrected chi connectivity index (χ0v) is 12.7. The molecule has 0 amide bonds. The molecule has 1 aromatic carbocycles. The minimum Gasteiger partial charge on any atom is -0.496 e. The maximum absolute atomic E-state index is 6.10. The fourth-order valence-electron chi connectivity index (χ4n) is 2.23. The van der Waals surface area contributed by atoms with E-state index < -0.39 is 0 Å². The van der Waals surface area contributed by atoms with Gasteiger partial charge in [-0.15, -0.1) is 0 Å². The number of halogens is 1. The highest BCUT2D eigenvalue weighted by Crippen LogP contribution is 2.33. The second-order valence-electron chi connectivity index (χ2n) is 5.08. The van der Waals surface area contributed by atoms with Crippen LogP contribution in [0.5, 0.6) is 5.75 Å². The third-order valence-electron chi connectivity index (χ3n) is 3.39. The lowest BCUT2D eigenvalue weighted by Crippen LogP contribution is -2.15. The van der Waals surface area contributed by atoms with Crippen molar-refractivity contribution in [1.82, 2.24) is 10.2 Å². The summed E-state index contributed by atoms with van der Waals surface area (Å²) >= 11 is 6.10. The van der Waals surface area contributed by atoms with Gasteiger partial charge in [0.05, 0.1) is 12.8 Å². The van der Waals surface area contributed by atoms with Crippen molar-refractivity contribution in [2.75, 3.05) is 13.7 Å². The molecule has 0 aliphatic rings. The van der Waals surface area contributed by atoms with Crippen LogP contribution in [0.25, 0.3) is 0 Å². The Morgan fingerprint density at radius 3 is 2.65 bits per heavy atom. The van der Waals surface area contributed by atoms with E-state index in [-0.39, 0.29) is 5.92 Å². The first-order valence-corrected chi connectivity index (χ1v) is 7.03. The number of nitrogens with one attached hydrogen (secondary N) is 1. The molecule has 4 nitrogen and oxygen atoms in total. The molecule has 0 aliphatic heterocycles. The van der Waals surface area contributed by atoms with Gasteiger partial charge in [0.25, 0.3) is 0 Å². The Balaban J connectivity index is 2.43. The Morgan fingerprint density at radius 1 is 1.35 bits per heavy atom. The largest absolute Gasteiger partial charge is 0.496 e. The highest BCUT2D eigenvalue weighted by Gasteiger charge is 2.20. The SMILES string of the molecule is COc1ccc(Cl)cc1C(CN)c1cc(C(C)C)n[nH]1. The summed E-state index contributed by atoms with van der Waals surface area (Å²) < 4.78 is 5.41. The van der Waals surface area contributed by atoms with Gasteiger partial charge in [-0.3, -0.25) is 5.10 Å². The summed E-state index contributed by atoms with van der Waals surface area (Å²) in [6, 6.07) is 7.63. The van der Waals surface area contributed by atoms with Gasteiger partial charge < -0.3 is 10.5 Å². The number of aromatic nitrogens is 2. The van der Waals surface area contributed by atoms with Crippen molar-refractivity contribution in [1.29, 1.82) is 0 Å². The van der Waals surface area contributed by atoms with Gasteiger partial charge >= 0.3 is 0 Å². The van der Waals surface area contributed by atoms with Crippen molar-refractivity contribution in [3.8, 4) is 5.75 Å². The van der Waals surface area contributed by atoms with Gasteiger partial charge in [-0.1, -0.05) is 25.4 Å². The molecule has 0 radical (unpaired) electrons. The predicted molar refractivity (Wildman–Crippen MR) is 81.6 cm³/mol. The minimum absolute atomic E-state index is 0.0105. The van der Waals surface area contributed by atoms with Crippen LogP contribution in [0.2, 0.25) is 5.02 Å². The molecule has 1 unspecified atom stereocenters. The molecular weight excluding hydrogens is 274 g/mol. The molecule has 3 N–H and O–H groups in total. The zero-order valence-electron chi connectivity index (χ0n) is 12.0. The number of hydrogen-bond acceptors (Lipinski definition) is 3. The van der Waals surface area contributed by atoms with Crippen LogP contribution in [0.15, 0.2) is 24.3 Å². The van der Waals surface area contributed by atoms with Gasteiger partial charge in [-0.2, -0.15) is 5.10 Å². The number of rotatable bonds is 5. The fourth-order valence-corrected chi connectivity index (χ4v) is 2.41. The number of ether oxygens (including phenoxy) is 1. The molecule has 1 heterocycles. The summed E-state index contributed by atoms with van der Waals surface area (Å²) in [6.07, 6.45) is 0. The number of nitrogens with zero attached hydrogens (tertiary/aromatic N) is 1. The first-order chi connectivity index (χ1) is 9.56. The first kappa shape index (κ1) is 14.9. The van der Waals surface area contributed by atoms with Crippen molar-refractivity contribution < 1.29 is 4.74 Å². The van der Waals surface area contributed by atoms with E-state index in [2.05, 4.69) is 30.1 Å². The lowest BCUT2D eigenvalue weighted by atomic mass is 9.94. The lowest BCUT2D eigenvalue weighted by Gasteiger charge is -2.17. The molecule has 0 bridgehead atoms. The smallest absolute Gasteiger partial charge is 0.122 e. The van der Waals surface area contributed by atoms with E-state index in [0.717, 1.165) is 22.7 Å². The topological polar surface area (TPSA) is 63.9 Å². The normalized spacial score (nSPS) is 12.7. The molecule has 108 valence electrons. The summed E-state index contributed by atoms with van der Waals surface area (Å²) in [6.45, 7) is 4.67. The molecule has 0 fully saturated rings. The van der Waals surface area contributed by atoms with E-state index in [0.29, 0.717) is 17.5 Å². The summed E-state index contributed by atoms with van der Waals surface area (Å²) in [7, 11) is 1.65. The van der Waals surface area contributed by atoms with Gasteiger partial charge in [0.15, 0.2) is 0 Å². The molecule has 5 heteroatoms. The van der Waals surface area contributed by atoms with E-state index in [1.807, 2.05) is 18.2 Å². The summed E-state index contributed by atoms with van der Waals surface area (Å²) in [5.74, 6) is 1.15. The van der Waals surface area contributed by atoms with Gasteiger partial charge in [0.1, 0.15) is 5.75 Å². The molecule has 0 saturated heterocycles. The number of benzene rings is 1. The van der Waals surface area contributed by atoms with Crippen LogP contribution in [0.4, 0.5) is 0 Å². The Labute approximate surface area is 124 Å². The summed E-state index contributed by atoms with van der Waals surface area (Å²) in [5, 5.41) is 8.08.